The smallest absolute Gasteiger partial charge is 0.318 e. The number of nitrogens with zero attached hydrogens (tertiary/aromatic N) is 2. The van der Waals surface area contributed by atoms with E-state index in [1.165, 1.54) is 18.2 Å². The number of halogens is 5. The summed E-state index contributed by atoms with van der Waals surface area (Å²) in [6, 6.07) is 6.20. The lowest BCUT2D eigenvalue weighted by Crippen LogP contribution is -2.13. The number of nitrogens with one attached hydrogen (secondary N) is 1. The number of carbonyl (C=O) groups is 1. The van der Waals surface area contributed by atoms with Gasteiger partial charge in [0, 0.05) is 12.4 Å². The third kappa shape index (κ3) is 3.05. The Kier molecular flexibility index (Phi) is 3.92. The molecule has 1 N–H and O–H groups in total. The maximum Gasteiger partial charge on any atom is 0.417 e. The van der Waals surface area contributed by atoms with Crippen molar-refractivity contribution in [1.29, 1.82) is 0 Å². The molecule has 0 spiro atoms. The largest absolute Gasteiger partial charge is 0.417 e. The van der Waals surface area contributed by atoms with E-state index < -0.39 is 23.5 Å². The molecule has 0 atom stereocenters. The topological polar surface area (TPSA) is 46.4 Å². The van der Waals surface area contributed by atoms with Crippen molar-refractivity contribution >= 4 is 28.8 Å². The summed E-state index contributed by atoms with van der Waals surface area (Å²) in [6.07, 6.45) is -2.72. The van der Waals surface area contributed by atoms with Gasteiger partial charge in [0.05, 0.1) is 16.3 Å². The van der Waals surface area contributed by atoms with Gasteiger partial charge in [0.2, 0.25) is 0 Å². The van der Waals surface area contributed by atoms with Crippen LogP contribution in [0, 0.1) is 5.82 Å². The molecule has 4 nitrogen and oxygen atoms in total. The van der Waals surface area contributed by atoms with Gasteiger partial charge in [-0.3, -0.25) is 4.79 Å². The fourth-order valence-electron chi connectivity index (χ4n) is 2.07. The van der Waals surface area contributed by atoms with Gasteiger partial charge in [-0.25, -0.2) is 9.37 Å². The highest BCUT2D eigenvalue weighted by molar-refractivity contribution is 6.33. The minimum absolute atomic E-state index is 0.0108. The van der Waals surface area contributed by atoms with Gasteiger partial charge in [-0.2, -0.15) is 13.2 Å². The maximum absolute atomic E-state index is 13.5. The Hall–Kier alpha value is -2.61. The van der Waals surface area contributed by atoms with Crippen LogP contribution in [0.5, 0.6) is 0 Å². The van der Waals surface area contributed by atoms with Crippen LogP contribution in [0.25, 0.3) is 5.65 Å². The number of carbonyl (C=O) groups excluding carboxylic acids is 1. The first kappa shape index (κ1) is 16.3. The summed E-state index contributed by atoms with van der Waals surface area (Å²) in [5.41, 5.74) is -1.25. The highest BCUT2D eigenvalue weighted by Gasteiger charge is 2.32. The molecular weight excluding hydrogens is 350 g/mol. The van der Waals surface area contributed by atoms with Crippen LogP contribution in [-0.4, -0.2) is 15.3 Å². The molecule has 1 aromatic carbocycles. The van der Waals surface area contributed by atoms with Gasteiger partial charge in [0.25, 0.3) is 5.91 Å². The van der Waals surface area contributed by atoms with Crippen molar-refractivity contribution in [2.75, 3.05) is 5.32 Å². The van der Waals surface area contributed by atoms with Gasteiger partial charge in [0.15, 0.2) is 5.65 Å². The molecular formula is C15H8ClF4N3O. The van der Waals surface area contributed by atoms with E-state index in [9.17, 15) is 22.4 Å². The van der Waals surface area contributed by atoms with Crippen molar-refractivity contribution in [2.24, 2.45) is 0 Å². The molecule has 24 heavy (non-hydrogen) atoms. The third-order valence-corrected chi connectivity index (χ3v) is 3.47. The Balaban J connectivity index is 1.97. The van der Waals surface area contributed by atoms with Crippen LogP contribution < -0.4 is 5.32 Å². The zero-order chi connectivity index (χ0) is 17.5. The van der Waals surface area contributed by atoms with Crippen molar-refractivity contribution < 1.29 is 22.4 Å². The van der Waals surface area contributed by atoms with Gasteiger partial charge in [-0.05, 0) is 18.2 Å². The fraction of sp³-hybridized carbons (Fsp3) is 0.0667. The molecule has 0 aliphatic rings. The van der Waals surface area contributed by atoms with Crippen molar-refractivity contribution in [3.8, 4) is 0 Å². The van der Waals surface area contributed by atoms with E-state index in [0.29, 0.717) is 0 Å². The Labute approximate surface area is 137 Å². The van der Waals surface area contributed by atoms with E-state index in [0.717, 1.165) is 28.9 Å². The SMILES string of the molecule is O=C(Nc1ccccc1F)c1cn2cc(C(F)(F)F)cc(Cl)c2n1. The predicted molar refractivity (Wildman–Crippen MR) is 79.6 cm³/mol. The molecule has 0 saturated carbocycles. The van der Waals surface area contributed by atoms with Gasteiger partial charge in [-0.15, -0.1) is 0 Å². The first-order valence-electron chi connectivity index (χ1n) is 6.57. The standard InChI is InChI=1S/C15H8ClF4N3O/c16-9-5-8(15(18,19)20)6-23-7-12(21-13(9)23)14(24)22-11-4-2-1-3-10(11)17/h1-7H,(H,22,24). The number of imidazole rings is 1. The number of alkyl halides is 3. The molecule has 3 aromatic rings. The number of amides is 1. The van der Waals surface area contributed by atoms with Crippen LogP contribution in [0.3, 0.4) is 0 Å². The number of hydrogen-bond donors (Lipinski definition) is 1. The summed E-state index contributed by atoms with van der Waals surface area (Å²) in [4.78, 5) is 16.0. The Bertz CT molecular complexity index is 936. The summed E-state index contributed by atoms with van der Waals surface area (Å²) in [5, 5.41) is 2.04. The number of rotatable bonds is 2. The normalized spacial score (nSPS) is 11.7. The summed E-state index contributed by atoms with van der Waals surface area (Å²) >= 11 is 5.80. The zero-order valence-electron chi connectivity index (χ0n) is 11.7. The number of anilines is 1. The number of benzene rings is 1. The van der Waals surface area contributed by atoms with E-state index in [2.05, 4.69) is 10.3 Å². The third-order valence-electron chi connectivity index (χ3n) is 3.19. The van der Waals surface area contributed by atoms with Crippen LogP contribution >= 0.6 is 11.6 Å². The summed E-state index contributed by atoms with van der Waals surface area (Å²) in [5.74, 6) is -1.42. The Morgan fingerprint density at radius 2 is 1.92 bits per heavy atom. The number of para-hydroxylation sites is 1. The van der Waals surface area contributed by atoms with Crippen molar-refractivity contribution in [1.82, 2.24) is 9.38 Å². The Morgan fingerprint density at radius 3 is 2.58 bits per heavy atom. The fourth-order valence-corrected chi connectivity index (χ4v) is 2.33. The summed E-state index contributed by atoms with van der Waals surface area (Å²) in [7, 11) is 0. The molecule has 1 amide bonds. The van der Waals surface area contributed by atoms with Crippen molar-refractivity contribution in [3.05, 3.63) is 64.8 Å². The molecule has 0 aliphatic carbocycles. The monoisotopic (exact) mass is 357 g/mol. The number of aromatic nitrogens is 2. The van der Waals surface area contributed by atoms with Gasteiger partial charge >= 0.3 is 6.18 Å². The lowest BCUT2D eigenvalue weighted by Gasteiger charge is -2.07. The molecule has 2 heterocycles. The van der Waals surface area contributed by atoms with Crippen LogP contribution in [0.1, 0.15) is 16.1 Å². The van der Waals surface area contributed by atoms with Crippen molar-refractivity contribution in [3.63, 3.8) is 0 Å². The predicted octanol–water partition coefficient (Wildman–Crippen LogP) is 4.40. The van der Waals surface area contributed by atoms with Crippen molar-refractivity contribution in [2.45, 2.75) is 6.18 Å². The van der Waals surface area contributed by atoms with E-state index >= 15 is 0 Å². The number of hydrogen-bond acceptors (Lipinski definition) is 2. The molecule has 124 valence electrons. The highest BCUT2D eigenvalue weighted by atomic mass is 35.5. The Morgan fingerprint density at radius 1 is 1.21 bits per heavy atom. The van der Waals surface area contributed by atoms with E-state index in [-0.39, 0.29) is 22.1 Å². The van der Waals surface area contributed by atoms with Gasteiger partial charge in [0.1, 0.15) is 11.5 Å². The average Bonchev–Trinajstić information content (AvgIpc) is 2.93. The average molecular weight is 358 g/mol. The molecule has 9 heteroatoms. The first-order chi connectivity index (χ1) is 11.3. The molecule has 0 unspecified atom stereocenters. The zero-order valence-corrected chi connectivity index (χ0v) is 12.5. The molecule has 0 fully saturated rings. The lowest BCUT2D eigenvalue weighted by molar-refractivity contribution is -0.137. The quantitative estimate of drug-likeness (QED) is 0.691. The van der Waals surface area contributed by atoms with Crippen LogP contribution in [0.15, 0.2) is 42.7 Å². The lowest BCUT2D eigenvalue weighted by atomic mass is 10.3. The van der Waals surface area contributed by atoms with Gasteiger partial charge < -0.3 is 9.72 Å². The molecule has 0 bridgehead atoms. The molecule has 0 saturated heterocycles. The minimum Gasteiger partial charge on any atom is -0.318 e. The second-order valence-electron chi connectivity index (χ2n) is 4.87. The van der Waals surface area contributed by atoms with Crippen LogP contribution in [0.2, 0.25) is 5.02 Å². The second kappa shape index (κ2) is 5.79. The molecule has 2 aromatic heterocycles. The van der Waals surface area contributed by atoms with E-state index in [1.807, 2.05) is 0 Å². The molecule has 3 rings (SSSR count). The molecule has 0 aliphatic heterocycles. The van der Waals surface area contributed by atoms with Crippen LogP contribution in [0.4, 0.5) is 23.2 Å². The summed E-state index contributed by atoms with van der Waals surface area (Å²) < 4.78 is 52.9. The first-order valence-corrected chi connectivity index (χ1v) is 6.95. The van der Waals surface area contributed by atoms with E-state index in [1.54, 1.807) is 0 Å². The number of fused-ring (bicyclic) bond motifs is 1. The van der Waals surface area contributed by atoms with E-state index in [4.69, 9.17) is 11.6 Å². The van der Waals surface area contributed by atoms with Crippen LogP contribution in [-0.2, 0) is 6.18 Å². The maximum atomic E-state index is 13.5. The number of pyridine rings is 1. The van der Waals surface area contributed by atoms with Gasteiger partial charge in [-0.1, -0.05) is 23.7 Å². The summed E-state index contributed by atoms with van der Waals surface area (Å²) in [6.45, 7) is 0. The molecule has 0 radical (unpaired) electrons. The second-order valence-corrected chi connectivity index (χ2v) is 5.27. The highest BCUT2D eigenvalue weighted by Crippen LogP contribution is 2.32. The minimum atomic E-state index is -4.59.